The molecule has 4 heteroatoms. The van der Waals surface area contributed by atoms with Gasteiger partial charge in [0.2, 0.25) is 5.91 Å². The van der Waals surface area contributed by atoms with Crippen LogP contribution >= 0.6 is 11.8 Å². The molecule has 92 valence electrons. The highest BCUT2D eigenvalue weighted by Crippen LogP contribution is 2.22. The third-order valence-corrected chi connectivity index (χ3v) is 3.92. The number of amides is 1. The lowest BCUT2D eigenvalue weighted by molar-refractivity contribution is -0.120. The fourth-order valence-corrected chi connectivity index (χ4v) is 2.28. The van der Waals surface area contributed by atoms with Crippen molar-refractivity contribution < 1.29 is 9.18 Å². The molecule has 0 aliphatic heterocycles. The molecule has 0 unspecified atom stereocenters. The first-order valence-corrected chi connectivity index (χ1v) is 6.86. The predicted octanol–water partition coefficient (Wildman–Crippen LogP) is 2.73. The van der Waals surface area contributed by atoms with Gasteiger partial charge in [0.05, 0.1) is 5.25 Å². The summed E-state index contributed by atoms with van der Waals surface area (Å²) < 4.78 is 12.7. The van der Waals surface area contributed by atoms with Gasteiger partial charge in [0.1, 0.15) is 5.82 Å². The van der Waals surface area contributed by atoms with Crippen LogP contribution in [0.25, 0.3) is 0 Å². The molecular weight excluding hydrogens is 237 g/mol. The highest BCUT2D eigenvalue weighted by atomic mass is 32.2. The Hall–Kier alpha value is -1.03. The Kier molecular flexibility index (Phi) is 4.05. The lowest BCUT2D eigenvalue weighted by atomic mass is 10.2. The van der Waals surface area contributed by atoms with E-state index in [2.05, 4.69) is 5.32 Å². The third kappa shape index (κ3) is 4.04. The molecule has 0 bridgehead atoms. The first-order valence-electron chi connectivity index (χ1n) is 5.81. The molecule has 1 N–H and O–H groups in total. The number of benzene rings is 1. The molecule has 1 aromatic rings. The Labute approximate surface area is 105 Å². The highest BCUT2D eigenvalue weighted by Gasteiger charge is 2.25. The van der Waals surface area contributed by atoms with Crippen LogP contribution in [0.3, 0.4) is 0 Å². The van der Waals surface area contributed by atoms with E-state index in [9.17, 15) is 9.18 Å². The number of halogens is 1. The van der Waals surface area contributed by atoms with E-state index in [0.717, 1.165) is 24.2 Å². The zero-order valence-corrected chi connectivity index (χ0v) is 10.6. The maximum atomic E-state index is 12.7. The zero-order valence-electron chi connectivity index (χ0n) is 9.78. The summed E-state index contributed by atoms with van der Waals surface area (Å²) >= 11 is 1.58. The summed E-state index contributed by atoms with van der Waals surface area (Å²) in [7, 11) is 0. The monoisotopic (exact) mass is 253 g/mol. The topological polar surface area (TPSA) is 29.1 Å². The smallest absolute Gasteiger partial charge is 0.233 e. The second kappa shape index (κ2) is 5.54. The average Bonchev–Trinajstić information content (AvgIpc) is 3.11. The molecule has 1 aliphatic carbocycles. The number of carbonyl (C=O) groups excluding carboxylic acids is 1. The summed E-state index contributed by atoms with van der Waals surface area (Å²) in [6, 6.07) is 6.83. The summed E-state index contributed by atoms with van der Waals surface area (Å²) in [5, 5.41) is 2.92. The van der Waals surface area contributed by atoms with Crippen molar-refractivity contribution >= 4 is 17.7 Å². The molecule has 1 aliphatic rings. The van der Waals surface area contributed by atoms with Crippen molar-refractivity contribution in [1.82, 2.24) is 5.32 Å². The largest absolute Gasteiger partial charge is 0.352 e. The van der Waals surface area contributed by atoms with Crippen LogP contribution < -0.4 is 5.32 Å². The number of carbonyl (C=O) groups is 1. The van der Waals surface area contributed by atoms with Gasteiger partial charge < -0.3 is 5.32 Å². The van der Waals surface area contributed by atoms with Crippen LogP contribution in [-0.4, -0.2) is 17.2 Å². The van der Waals surface area contributed by atoms with Crippen LogP contribution in [0.4, 0.5) is 4.39 Å². The van der Waals surface area contributed by atoms with Gasteiger partial charge in [-0.3, -0.25) is 4.79 Å². The van der Waals surface area contributed by atoms with Crippen LogP contribution in [0.15, 0.2) is 24.3 Å². The molecule has 0 saturated heterocycles. The van der Waals surface area contributed by atoms with Gasteiger partial charge in [0.25, 0.3) is 0 Å². The van der Waals surface area contributed by atoms with Crippen molar-refractivity contribution in [3.8, 4) is 0 Å². The number of thioether (sulfide) groups is 1. The van der Waals surface area contributed by atoms with Crippen molar-refractivity contribution in [3.05, 3.63) is 35.6 Å². The number of hydrogen-bond acceptors (Lipinski definition) is 2. The van der Waals surface area contributed by atoms with E-state index in [1.54, 1.807) is 23.9 Å². The van der Waals surface area contributed by atoms with Gasteiger partial charge in [-0.15, -0.1) is 11.8 Å². The molecule has 0 radical (unpaired) electrons. The van der Waals surface area contributed by atoms with Gasteiger partial charge in [0, 0.05) is 11.8 Å². The quantitative estimate of drug-likeness (QED) is 0.874. The summed E-state index contributed by atoms with van der Waals surface area (Å²) in [6.07, 6.45) is 2.22. The fraction of sp³-hybridized carbons (Fsp3) is 0.462. The minimum atomic E-state index is -0.224. The van der Waals surface area contributed by atoms with Crippen molar-refractivity contribution in [2.24, 2.45) is 0 Å². The van der Waals surface area contributed by atoms with Crippen LogP contribution in [0, 0.1) is 5.82 Å². The van der Waals surface area contributed by atoms with E-state index in [1.807, 2.05) is 6.92 Å². The predicted molar refractivity (Wildman–Crippen MR) is 68.3 cm³/mol. The van der Waals surface area contributed by atoms with E-state index in [1.165, 1.54) is 12.1 Å². The Morgan fingerprint density at radius 3 is 2.71 bits per heavy atom. The van der Waals surface area contributed by atoms with E-state index in [0.29, 0.717) is 6.04 Å². The Morgan fingerprint density at radius 2 is 2.12 bits per heavy atom. The van der Waals surface area contributed by atoms with Crippen molar-refractivity contribution in [1.29, 1.82) is 0 Å². The summed E-state index contributed by atoms with van der Waals surface area (Å²) in [4.78, 5) is 11.7. The van der Waals surface area contributed by atoms with Gasteiger partial charge >= 0.3 is 0 Å². The van der Waals surface area contributed by atoms with Crippen molar-refractivity contribution in [3.63, 3.8) is 0 Å². The molecular formula is C13H16FNOS. The molecule has 1 saturated carbocycles. The van der Waals surface area contributed by atoms with Gasteiger partial charge in [-0.05, 0) is 37.5 Å². The summed E-state index contributed by atoms with van der Waals surface area (Å²) in [5.41, 5.74) is 1.04. The van der Waals surface area contributed by atoms with E-state index < -0.39 is 0 Å². The van der Waals surface area contributed by atoms with E-state index in [4.69, 9.17) is 0 Å². The van der Waals surface area contributed by atoms with Crippen LogP contribution in [-0.2, 0) is 10.5 Å². The fourth-order valence-electron chi connectivity index (χ4n) is 1.42. The van der Waals surface area contributed by atoms with E-state index >= 15 is 0 Å². The summed E-state index contributed by atoms with van der Waals surface area (Å²) in [6.45, 7) is 1.91. The molecule has 1 aromatic carbocycles. The second-order valence-corrected chi connectivity index (χ2v) is 5.69. The van der Waals surface area contributed by atoms with Crippen molar-refractivity contribution in [2.75, 3.05) is 0 Å². The number of hydrogen-bond donors (Lipinski definition) is 1. The molecule has 17 heavy (non-hydrogen) atoms. The lowest BCUT2D eigenvalue weighted by Gasteiger charge is -2.11. The maximum Gasteiger partial charge on any atom is 0.233 e. The molecule has 1 fully saturated rings. The normalized spacial score (nSPS) is 16.6. The minimum Gasteiger partial charge on any atom is -0.352 e. The number of rotatable bonds is 5. The molecule has 2 rings (SSSR count). The van der Waals surface area contributed by atoms with Crippen LogP contribution in [0.5, 0.6) is 0 Å². The average molecular weight is 253 g/mol. The Bertz CT molecular complexity index is 389. The minimum absolute atomic E-state index is 0.0550. The Morgan fingerprint density at radius 1 is 1.47 bits per heavy atom. The molecule has 0 aromatic heterocycles. The number of nitrogens with one attached hydrogen (secondary N) is 1. The molecule has 0 heterocycles. The van der Waals surface area contributed by atoms with Crippen molar-refractivity contribution in [2.45, 2.75) is 36.8 Å². The first kappa shape index (κ1) is 12.4. The Balaban J connectivity index is 1.76. The zero-order chi connectivity index (χ0) is 12.3. The molecule has 1 amide bonds. The molecule has 0 spiro atoms. The second-order valence-electron chi connectivity index (χ2n) is 4.36. The van der Waals surface area contributed by atoms with Crippen LogP contribution in [0.1, 0.15) is 25.3 Å². The van der Waals surface area contributed by atoms with Gasteiger partial charge in [-0.1, -0.05) is 12.1 Å². The van der Waals surface area contributed by atoms with Gasteiger partial charge in [-0.25, -0.2) is 4.39 Å². The van der Waals surface area contributed by atoms with Gasteiger partial charge in [-0.2, -0.15) is 0 Å². The molecule has 1 atom stereocenters. The third-order valence-electron chi connectivity index (χ3n) is 2.71. The van der Waals surface area contributed by atoms with Gasteiger partial charge in [0.15, 0.2) is 0 Å². The molecule has 2 nitrogen and oxygen atoms in total. The van der Waals surface area contributed by atoms with E-state index in [-0.39, 0.29) is 17.0 Å². The highest BCUT2D eigenvalue weighted by molar-refractivity contribution is 7.99. The summed E-state index contributed by atoms with van der Waals surface area (Å²) in [5.74, 6) is 0.623. The SMILES string of the molecule is C[C@H](SCc1ccc(F)cc1)C(=O)NC1CC1. The standard InChI is InChI=1S/C13H16FNOS/c1-9(13(16)15-12-6-7-12)17-8-10-2-4-11(14)5-3-10/h2-5,9,12H,6-8H2,1H3,(H,15,16)/t9-/m0/s1. The maximum absolute atomic E-state index is 12.7. The van der Waals surface area contributed by atoms with Crippen LogP contribution in [0.2, 0.25) is 0 Å². The first-order chi connectivity index (χ1) is 8.15. The lowest BCUT2D eigenvalue weighted by Crippen LogP contribution is -2.32.